The Hall–Kier alpha value is -2.77. The van der Waals surface area contributed by atoms with E-state index < -0.39 is 0 Å². The molecular formula is C21H30N4O4. The minimum Gasteiger partial charge on any atom is -0.484 e. The summed E-state index contributed by atoms with van der Waals surface area (Å²) < 4.78 is 5.47. The molecule has 1 aromatic rings. The van der Waals surface area contributed by atoms with E-state index in [1.165, 1.54) is 0 Å². The first-order valence-electron chi connectivity index (χ1n) is 10.4. The van der Waals surface area contributed by atoms with Gasteiger partial charge in [0.05, 0.1) is 0 Å². The molecule has 2 aliphatic rings. The van der Waals surface area contributed by atoms with Gasteiger partial charge in [0.25, 0.3) is 5.91 Å². The summed E-state index contributed by atoms with van der Waals surface area (Å²) in [6.45, 7) is 5.26. The van der Waals surface area contributed by atoms with Crippen molar-refractivity contribution >= 4 is 23.5 Å². The average molecular weight is 402 g/mol. The number of nitrogens with one attached hydrogen (secondary N) is 2. The van der Waals surface area contributed by atoms with Crippen molar-refractivity contribution < 1.29 is 19.1 Å². The zero-order chi connectivity index (χ0) is 20.6. The number of amides is 4. The van der Waals surface area contributed by atoms with E-state index >= 15 is 0 Å². The maximum absolute atomic E-state index is 12.6. The number of carbonyl (C=O) groups is 3. The number of hydrogen-bond donors (Lipinski definition) is 2. The van der Waals surface area contributed by atoms with Gasteiger partial charge in [-0.05, 0) is 44.7 Å². The molecule has 2 heterocycles. The lowest BCUT2D eigenvalue weighted by Crippen LogP contribution is -2.47. The predicted octanol–water partition coefficient (Wildman–Crippen LogP) is 2.07. The van der Waals surface area contributed by atoms with Gasteiger partial charge in [0, 0.05) is 50.4 Å². The third kappa shape index (κ3) is 5.85. The van der Waals surface area contributed by atoms with E-state index in [0.29, 0.717) is 43.9 Å². The molecule has 29 heavy (non-hydrogen) atoms. The van der Waals surface area contributed by atoms with Crippen LogP contribution in [0.5, 0.6) is 5.75 Å². The van der Waals surface area contributed by atoms with Crippen molar-refractivity contribution in [1.29, 1.82) is 0 Å². The predicted molar refractivity (Wildman–Crippen MR) is 110 cm³/mol. The molecule has 2 aliphatic heterocycles. The standard InChI is InChI=1S/C21H30N4O4/c1-2-22-19(26)15-29-18-7-5-6-17(14-18)23-20(27)16-8-12-25(13-9-16)21(28)24-10-3-4-11-24/h5-7,14,16H,2-4,8-13,15H2,1H3,(H,22,26)(H,23,27). The van der Waals surface area contributed by atoms with Gasteiger partial charge in [0.15, 0.2) is 6.61 Å². The van der Waals surface area contributed by atoms with E-state index in [4.69, 9.17) is 4.74 Å². The second-order valence-corrected chi connectivity index (χ2v) is 7.50. The van der Waals surface area contributed by atoms with Crippen LogP contribution >= 0.6 is 0 Å². The first-order valence-corrected chi connectivity index (χ1v) is 10.4. The van der Waals surface area contributed by atoms with Crippen LogP contribution in [0.15, 0.2) is 24.3 Å². The van der Waals surface area contributed by atoms with Crippen LogP contribution in [-0.4, -0.2) is 67.0 Å². The summed E-state index contributed by atoms with van der Waals surface area (Å²) in [6.07, 6.45) is 3.49. The van der Waals surface area contributed by atoms with Crippen molar-refractivity contribution in [3.63, 3.8) is 0 Å². The van der Waals surface area contributed by atoms with Crippen molar-refractivity contribution in [2.45, 2.75) is 32.6 Å². The van der Waals surface area contributed by atoms with Crippen LogP contribution in [0.25, 0.3) is 0 Å². The van der Waals surface area contributed by atoms with E-state index in [1.807, 2.05) is 16.7 Å². The Balaban J connectivity index is 1.46. The molecular weight excluding hydrogens is 372 g/mol. The molecule has 2 saturated heterocycles. The summed E-state index contributed by atoms with van der Waals surface area (Å²) in [6, 6.07) is 7.14. The number of carbonyl (C=O) groups excluding carboxylic acids is 3. The third-order valence-corrected chi connectivity index (χ3v) is 5.36. The number of ether oxygens (including phenoxy) is 1. The number of piperidine rings is 1. The monoisotopic (exact) mass is 402 g/mol. The first-order chi connectivity index (χ1) is 14.1. The number of anilines is 1. The van der Waals surface area contributed by atoms with Crippen LogP contribution in [0, 0.1) is 5.92 Å². The largest absolute Gasteiger partial charge is 0.484 e. The molecule has 3 rings (SSSR count). The molecule has 2 fully saturated rings. The molecule has 4 amide bonds. The zero-order valence-electron chi connectivity index (χ0n) is 17.0. The summed E-state index contributed by atoms with van der Waals surface area (Å²) in [5.41, 5.74) is 0.638. The van der Waals surface area contributed by atoms with Crippen LogP contribution in [0.3, 0.4) is 0 Å². The Morgan fingerprint density at radius 3 is 2.45 bits per heavy atom. The van der Waals surface area contributed by atoms with Gasteiger partial charge in [0.1, 0.15) is 5.75 Å². The van der Waals surface area contributed by atoms with E-state index in [0.717, 1.165) is 25.9 Å². The molecule has 0 spiro atoms. The van der Waals surface area contributed by atoms with Gasteiger partial charge < -0.3 is 25.2 Å². The maximum Gasteiger partial charge on any atom is 0.319 e. The fraction of sp³-hybridized carbons (Fsp3) is 0.571. The first kappa shape index (κ1) is 21.0. The minimum absolute atomic E-state index is 0.0425. The summed E-state index contributed by atoms with van der Waals surface area (Å²) >= 11 is 0. The number of benzene rings is 1. The molecule has 1 aromatic carbocycles. The van der Waals surface area contributed by atoms with Gasteiger partial charge >= 0.3 is 6.03 Å². The fourth-order valence-electron chi connectivity index (χ4n) is 3.75. The Kier molecular flexibility index (Phi) is 7.32. The number of hydrogen-bond acceptors (Lipinski definition) is 4. The summed E-state index contributed by atoms with van der Waals surface area (Å²) in [5.74, 6) is 0.189. The number of likely N-dealkylation sites (N-methyl/N-ethyl adjacent to an activating group) is 1. The minimum atomic E-state index is -0.183. The van der Waals surface area contributed by atoms with Crippen molar-refractivity contribution in [3.8, 4) is 5.75 Å². The van der Waals surface area contributed by atoms with Gasteiger partial charge in [-0.25, -0.2) is 4.79 Å². The summed E-state index contributed by atoms with van der Waals surface area (Å²) in [4.78, 5) is 40.4. The highest BCUT2D eigenvalue weighted by Crippen LogP contribution is 2.23. The van der Waals surface area contributed by atoms with Crippen LogP contribution in [0.4, 0.5) is 10.5 Å². The summed E-state index contributed by atoms with van der Waals surface area (Å²) in [7, 11) is 0. The van der Waals surface area contributed by atoms with Gasteiger partial charge in [-0.1, -0.05) is 6.07 Å². The lowest BCUT2D eigenvalue weighted by atomic mass is 9.96. The van der Waals surface area contributed by atoms with Crippen LogP contribution in [0.1, 0.15) is 32.6 Å². The van der Waals surface area contributed by atoms with Crippen molar-refractivity contribution in [2.75, 3.05) is 44.6 Å². The maximum atomic E-state index is 12.6. The van der Waals surface area contributed by atoms with Crippen molar-refractivity contribution in [3.05, 3.63) is 24.3 Å². The highest BCUT2D eigenvalue weighted by Gasteiger charge is 2.30. The van der Waals surface area contributed by atoms with Crippen molar-refractivity contribution in [2.24, 2.45) is 5.92 Å². The molecule has 0 bridgehead atoms. The van der Waals surface area contributed by atoms with Gasteiger partial charge in [-0.15, -0.1) is 0 Å². The Bertz CT molecular complexity index is 725. The number of nitrogens with zero attached hydrogens (tertiary/aromatic N) is 2. The molecule has 0 aromatic heterocycles. The van der Waals surface area contributed by atoms with Crippen LogP contribution < -0.4 is 15.4 Å². The van der Waals surface area contributed by atoms with E-state index in [-0.39, 0.29) is 30.4 Å². The van der Waals surface area contributed by atoms with Gasteiger partial charge in [-0.2, -0.15) is 0 Å². The second kappa shape index (κ2) is 10.1. The average Bonchev–Trinajstić information content (AvgIpc) is 3.27. The molecule has 158 valence electrons. The zero-order valence-corrected chi connectivity index (χ0v) is 17.0. The fourth-order valence-corrected chi connectivity index (χ4v) is 3.75. The van der Waals surface area contributed by atoms with E-state index in [9.17, 15) is 14.4 Å². The quantitative estimate of drug-likeness (QED) is 0.762. The molecule has 0 atom stereocenters. The highest BCUT2D eigenvalue weighted by atomic mass is 16.5. The van der Waals surface area contributed by atoms with E-state index in [2.05, 4.69) is 10.6 Å². The van der Waals surface area contributed by atoms with Crippen molar-refractivity contribution in [1.82, 2.24) is 15.1 Å². The molecule has 2 N–H and O–H groups in total. The number of urea groups is 1. The SMILES string of the molecule is CCNC(=O)COc1cccc(NC(=O)C2CCN(C(=O)N3CCCC3)CC2)c1. The highest BCUT2D eigenvalue weighted by molar-refractivity contribution is 5.93. The second-order valence-electron chi connectivity index (χ2n) is 7.50. The summed E-state index contributed by atoms with van der Waals surface area (Å²) in [5, 5.41) is 5.60. The number of likely N-dealkylation sites (tertiary alicyclic amines) is 2. The molecule has 8 nitrogen and oxygen atoms in total. The Morgan fingerprint density at radius 2 is 1.76 bits per heavy atom. The van der Waals surface area contributed by atoms with Gasteiger partial charge in [-0.3, -0.25) is 9.59 Å². The smallest absolute Gasteiger partial charge is 0.319 e. The Labute approximate surface area is 171 Å². The van der Waals surface area contributed by atoms with Gasteiger partial charge in [0.2, 0.25) is 5.91 Å². The normalized spacial score (nSPS) is 17.1. The van der Waals surface area contributed by atoms with Crippen LogP contribution in [0.2, 0.25) is 0 Å². The molecule has 0 unspecified atom stereocenters. The van der Waals surface area contributed by atoms with Crippen LogP contribution in [-0.2, 0) is 9.59 Å². The Morgan fingerprint density at radius 1 is 1.07 bits per heavy atom. The third-order valence-electron chi connectivity index (χ3n) is 5.36. The molecule has 0 aliphatic carbocycles. The van der Waals surface area contributed by atoms with E-state index in [1.54, 1.807) is 24.3 Å². The topological polar surface area (TPSA) is 91.0 Å². The molecule has 0 saturated carbocycles. The number of rotatable bonds is 6. The molecule has 0 radical (unpaired) electrons. The molecule has 8 heteroatoms. The lowest BCUT2D eigenvalue weighted by molar-refractivity contribution is -0.123. The lowest BCUT2D eigenvalue weighted by Gasteiger charge is -2.34.